The van der Waals surface area contributed by atoms with Crippen LogP contribution in [0.25, 0.3) is 161 Å². The molecule has 0 spiro atoms. The molecule has 0 aliphatic heterocycles. The molecule has 11 heteroatoms. The van der Waals surface area contributed by atoms with Gasteiger partial charge in [-0.25, -0.2) is 29.9 Å². The summed E-state index contributed by atoms with van der Waals surface area (Å²) in [5.74, 6) is 2.16. The zero-order valence-corrected chi connectivity index (χ0v) is 52.2. The highest BCUT2D eigenvalue weighted by atomic mass is 32.1. The van der Waals surface area contributed by atoms with Crippen molar-refractivity contribution < 1.29 is 0 Å². The Morgan fingerprint density at radius 1 is 0.272 bits per heavy atom. The average molecular weight is 1200 g/mol. The molecule has 0 fully saturated rings. The summed E-state index contributed by atoms with van der Waals surface area (Å²) in [5, 5.41) is 7.39. The van der Waals surface area contributed by atoms with Crippen molar-refractivity contribution >= 4 is 86.8 Å². The van der Waals surface area contributed by atoms with Crippen LogP contribution in [0.1, 0.15) is 33.4 Å². The first kappa shape index (κ1) is 54.6. The summed E-state index contributed by atoms with van der Waals surface area (Å²) in [6, 6.07) is 82.7. The second kappa shape index (κ2) is 21.3. The van der Waals surface area contributed by atoms with Crippen LogP contribution in [-0.2, 0) is 0 Å². The molecule has 0 amide bonds. The number of fused-ring (bicyclic) bond motifs is 10. The molecular weight excluding hydrogens is 1150 g/mol. The molecule has 0 radical (unpaired) electrons. The summed E-state index contributed by atoms with van der Waals surface area (Å²) in [6.07, 6.45) is 0. The van der Waals surface area contributed by atoms with Crippen LogP contribution in [0.3, 0.4) is 0 Å². The average Bonchev–Trinajstić information content (AvgIpc) is 1.13. The Kier molecular flexibility index (Phi) is 12.7. The number of aromatic nitrogens is 9. The summed E-state index contributed by atoms with van der Waals surface area (Å²) >= 11 is 1.20. The largest absolute Gasteiger partial charge is 0.307 e. The highest BCUT2D eigenvalue weighted by molar-refractivity contribution is 7.17. The van der Waals surface area contributed by atoms with E-state index in [0.29, 0.717) is 38.9 Å². The molecule has 0 bridgehead atoms. The fourth-order valence-electron chi connectivity index (χ4n) is 13.7. The van der Waals surface area contributed by atoms with E-state index in [1.165, 1.54) is 11.3 Å². The minimum atomic E-state index is -0.289. The lowest BCUT2D eigenvalue weighted by molar-refractivity contribution is 1.06. The molecule has 17 aromatic rings. The van der Waals surface area contributed by atoms with Crippen LogP contribution < -0.4 is 4.74 Å². The summed E-state index contributed by atoms with van der Waals surface area (Å²) in [4.78, 5) is 49.4. The van der Waals surface area contributed by atoms with Gasteiger partial charge in [0.1, 0.15) is 0 Å². The van der Waals surface area contributed by atoms with E-state index < -0.39 is 0 Å². The lowest BCUT2D eigenvalue weighted by atomic mass is 10.0. The van der Waals surface area contributed by atoms with Crippen molar-refractivity contribution in [3.63, 3.8) is 0 Å². The third kappa shape index (κ3) is 8.87. The van der Waals surface area contributed by atoms with E-state index in [1.54, 1.807) is 0 Å². The highest BCUT2D eigenvalue weighted by Crippen LogP contribution is 2.50. The quantitative estimate of drug-likeness (QED) is 0.142. The van der Waals surface area contributed by atoms with E-state index in [2.05, 4.69) is 171 Å². The number of hydrogen-bond donors (Lipinski definition) is 0. The zero-order valence-electron chi connectivity index (χ0n) is 51.4. The molecule has 0 aliphatic rings. The number of nitrogens with zero attached hydrogens (tertiary/aromatic N) is 9. The van der Waals surface area contributed by atoms with Crippen molar-refractivity contribution in [2.45, 2.75) is 41.5 Å². The maximum Gasteiger partial charge on any atom is 0.244 e. The van der Waals surface area contributed by atoms with Gasteiger partial charge in [0.2, 0.25) is 4.74 Å². The van der Waals surface area contributed by atoms with E-state index >= 15 is 4.79 Å². The molecule has 11 aromatic carbocycles. The SMILES string of the molecule is Cc1ccc2c(c1)c1cc(C)ccc1n2-c1cc2c(-c3nc(-c4ccccc4)nc(-c4ccccc4)n3)c(-c3nc(-c4ccccc4)nc(-c4ccccc4)n3)c(=O)sc2c(-n2c3ccc(C)cc3c3cc(C)ccc32)c1-n1c2ccc(C)cc2c2cc(C)ccc21. The Labute approximate surface area is 533 Å². The van der Waals surface area contributed by atoms with E-state index in [4.69, 9.17) is 29.9 Å². The second-order valence-corrected chi connectivity index (χ2v) is 25.3. The van der Waals surface area contributed by atoms with Gasteiger partial charge in [0.15, 0.2) is 34.9 Å². The van der Waals surface area contributed by atoms with Crippen LogP contribution in [0.4, 0.5) is 0 Å². The maximum absolute atomic E-state index is 17.0. The first-order valence-electron chi connectivity index (χ1n) is 31.0. The summed E-state index contributed by atoms with van der Waals surface area (Å²) < 4.78 is 7.76. The van der Waals surface area contributed by atoms with Crippen molar-refractivity contribution in [2.75, 3.05) is 0 Å². The van der Waals surface area contributed by atoms with Gasteiger partial charge < -0.3 is 13.7 Å². The lowest BCUT2D eigenvalue weighted by Gasteiger charge is -2.25. The molecule has 0 atom stereocenters. The van der Waals surface area contributed by atoms with Gasteiger partial charge >= 0.3 is 0 Å². The molecule has 6 aromatic heterocycles. The monoisotopic (exact) mass is 1200 g/mol. The Hall–Kier alpha value is -11.5. The summed E-state index contributed by atoms with van der Waals surface area (Å²) in [5.41, 5.74) is 19.3. The highest BCUT2D eigenvalue weighted by Gasteiger charge is 2.33. The standard InChI is InChI=1S/C81H57N9OS/c1-46-27-33-63-56(39-46)57-40-47(2)28-34-64(57)88(63)69-45-62-70(79-84-75(52-19-11-7-12-20-52)82-76(85-79)53-21-13-8-14-22-53)71(80-86-77(54-23-15-9-16-24-54)83-78(87-80)55-25-17-10-18-26-55)81(91)92-74(62)73(90-67-37-31-50(5)43-60(67)61-44-51(6)32-38-68(61)90)72(69)89-65-35-29-48(3)41-58(65)59-42-49(4)30-36-66(59)89/h7-45H,1-6H3. The van der Waals surface area contributed by atoms with E-state index in [0.717, 1.165) is 138 Å². The van der Waals surface area contributed by atoms with Gasteiger partial charge in [-0.1, -0.05) is 202 Å². The number of aryl methyl sites for hydroxylation is 6. The molecule has 92 heavy (non-hydrogen) atoms. The summed E-state index contributed by atoms with van der Waals surface area (Å²) in [7, 11) is 0. The predicted octanol–water partition coefficient (Wildman–Crippen LogP) is 19.8. The van der Waals surface area contributed by atoms with Gasteiger partial charge in [-0.3, -0.25) is 4.79 Å². The van der Waals surface area contributed by atoms with Crippen molar-refractivity contribution in [1.29, 1.82) is 0 Å². The minimum Gasteiger partial charge on any atom is -0.307 e. The maximum atomic E-state index is 17.0. The van der Waals surface area contributed by atoms with Gasteiger partial charge in [0, 0.05) is 65.5 Å². The molecular formula is C81H57N9OS. The van der Waals surface area contributed by atoms with Gasteiger partial charge in [-0.2, -0.15) is 0 Å². The van der Waals surface area contributed by atoms with Crippen molar-refractivity contribution in [2.24, 2.45) is 0 Å². The van der Waals surface area contributed by atoms with Crippen LogP contribution in [0.5, 0.6) is 0 Å². The third-order valence-corrected chi connectivity index (χ3v) is 18.9. The Morgan fingerprint density at radius 2 is 0.543 bits per heavy atom. The second-order valence-electron chi connectivity index (χ2n) is 24.3. The molecule has 0 N–H and O–H groups in total. The van der Waals surface area contributed by atoms with E-state index in [9.17, 15) is 0 Å². The normalized spacial score (nSPS) is 11.8. The third-order valence-electron chi connectivity index (χ3n) is 17.9. The lowest BCUT2D eigenvalue weighted by Crippen LogP contribution is -2.14. The summed E-state index contributed by atoms with van der Waals surface area (Å²) in [6.45, 7) is 13.0. The minimum absolute atomic E-state index is 0.185. The molecule has 0 saturated heterocycles. The fourth-order valence-corrected chi connectivity index (χ4v) is 14.7. The molecule has 0 aliphatic carbocycles. The van der Waals surface area contributed by atoms with Crippen molar-refractivity contribution in [3.05, 3.63) is 280 Å². The molecule has 10 nitrogen and oxygen atoms in total. The van der Waals surface area contributed by atoms with Crippen LogP contribution in [0, 0.1) is 41.5 Å². The van der Waals surface area contributed by atoms with Crippen LogP contribution >= 0.6 is 11.3 Å². The van der Waals surface area contributed by atoms with Crippen LogP contribution in [-0.4, -0.2) is 43.6 Å². The van der Waals surface area contributed by atoms with Gasteiger partial charge in [-0.05, 0) is 120 Å². The van der Waals surface area contributed by atoms with Crippen molar-refractivity contribution in [3.8, 4) is 85.4 Å². The Morgan fingerprint density at radius 3 is 0.859 bits per heavy atom. The molecule has 0 saturated carbocycles. The van der Waals surface area contributed by atoms with Crippen molar-refractivity contribution in [1.82, 2.24) is 43.6 Å². The van der Waals surface area contributed by atoms with Crippen LogP contribution in [0.2, 0.25) is 0 Å². The van der Waals surface area contributed by atoms with Crippen LogP contribution in [0.15, 0.2) is 241 Å². The number of benzene rings is 11. The number of rotatable bonds is 9. The fraction of sp³-hybridized carbons (Fsp3) is 0.0741. The number of hydrogen-bond acceptors (Lipinski definition) is 8. The molecule has 17 rings (SSSR count). The molecule has 6 heterocycles. The Balaban J connectivity index is 1.16. The van der Waals surface area contributed by atoms with E-state index in [-0.39, 0.29) is 22.0 Å². The predicted molar refractivity (Wildman–Crippen MR) is 379 cm³/mol. The molecule has 0 unspecified atom stereocenters. The zero-order chi connectivity index (χ0) is 62.0. The van der Waals surface area contributed by atoms with E-state index in [1.807, 2.05) is 121 Å². The molecule has 438 valence electrons. The van der Waals surface area contributed by atoms with Gasteiger partial charge in [0.05, 0.1) is 60.4 Å². The smallest absolute Gasteiger partial charge is 0.244 e. The topological polar surface area (TPSA) is 109 Å². The first-order valence-corrected chi connectivity index (χ1v) is 31.8. The van der Waals surface area contributed by atoms with Gasteiger partial charge in [-0.15, -0.1) is 0 Å². The first-order chi connectivity index (χ1) is 45.0. The van der Waals surface area contributed by atoms with Gasteiger partial charge in [0.25, 0.3) is 0 Å². The Bertz CT molecular complexity index is 5680.